The monoisotopic (exact) mass is 618 g/mol. The lowest BCUT2D eigenvalue weighted by Gasteiger charge is -2.43. The molecule has 2 fully saturated rings. The Kier molecular flexibility index (Phi) is 13.8. The Morgan fingerprint density at radius 1 is 0.500 bits per heavy atom. The smallest absolute Gasteiger partial charge is 0.111 e. The Hall–Kier alpha value is -2.15. The number of ether oxygens (including phenoxy) is 4. The van der Waals surface area contributed by atoms with Crippen LogP contribution in [0.5, 0.6) is 0 Å². The fraction of sp³-hybridized carbons (Fsp3) is 0.538. The van der Waals surface area contributed by atoms with Crippen molar-refractivity contribution < 1.29 is 18.9 Å². The van der Waals surface area contributed by atoms with Crippen LogP contribution in [-0.4, -0.2) is 37.0 Å². The zero-order valence-electron chi connectivity index (χ0n) is 27.8. The van der Waals surface area contributed by atoms with Gasteiger partial charge in [0.05, 0.1) is 44.7 Å². The van der Waals surface area contributed by atoms with Crippen molar-refractivity contribution in [2.75, 3.05) is 13.2 Å². The van der Waals surface area contributed by atoms with Gasteiger partial charge in [-0.25, -0.2) is 0 Å². The van der Waals surface area contributed by atoms with Gasteiger partial charge in [-0.05, 0) is 65.7 Å². The van der Waals surface area contributed by atoms with E-state index in [-0.39, 0.29) is 17.6 Å². The van der Waals surface area contributed by atoms with Gasteiger partial charge in [-0.15, -0.1) is 0 Å². The van der Waals surface area contributed by atoms with Crippen molar-refractivity contribution in [1.29, 1.82) is 0 Å². The fourth-order valence-electron chi connectivity index (χ4n) is 6.14. The highest BCUT2D eigenvalue weighted by molar-refractivity contribution is 7.99. The summed E-state index contributed by atoms with van der Waals surface area (Å²) < 4.78 is 24.4. The van der Waals surface area contributed by atoms with E-state index < -0.39 is 0 Å². The molecule has 4 nitrogen and oxygen atoms in total. The predicted octanol–water partition coefficient (Wildman–Crippen LogP) is 9.53. The summed E-state index contributed by atoms with van der Waals surface area (Å²) in [5.74, 6) is 3.50. The molecule has 0 radical (unpaired) electrons. The predicted molar refractivity (Wildman–Crippen MR) is 182 cm³/mol. The first kappa shape index (κ1) is 34.7. The third kappa shape index (κ3) is 9.92. The summed E-state index contributed by atoms with van der Waals surface area (Å²) >= 11 is 1.83. The lowest BCUT2D eigenvalue weighted by molar-refractivity contribution is -0.150. The van der Waals surface area contributed by atoms with Gasteiger partial charge in [0.15, 0.2) is 0 Å². The van der Waals surface area contributed by atoms with Crippen LogP contribution in [0.4, 0.5) is 0 Å². The zero-order valence-corrected chi connectivity index (χ0v) is 28.6. The van der Waals surface area contributed by atoms with Crippen LogP contribution < -0.4 is 0 Å². The molecule has 2 saturated heterocycles. The average molecular weight is 619 g/mol. The molecule has 5 rings (SSSR count). The number of hydrogen-bond donors (Lipinski definition) is 0. The van der Waals surface area contributed by atoms with Crippen LogP contribution in [0.2, 0.25) is 0 Å². The third-order valence-electron chi connectivity index (χ3n) is 10.1. The molecule has 44 heavy (non-hydrogen) atoms. The molecule has 0 amide bonds. The standard InChI is InChI=1S/C22H28O2S.C17H26O2/c1-16-17(2)21(15-23-14-19-10-6-4-7-11-19)24-22(18(16)3)25-20-12-8-5-9-13-20;1-12-13(2)15(4)19-17(14(12)3)11-18-10-16-8-6-5-7-9-16/h4-13,16-18,21-22H,14-15H2,1-3H3;5-9,12-15,17H,10-11H2,1-4H3/t16-,17-,18?,21?,22-;12-,13?,14-,15+,17?/m01/s1. The number of hydrogen-bond acceptors (Lipinski definition) is 5. The normalized spacial score (nSPS) is 32.0. The van der Waals surface area contributed by atoms with Crippen molar-refractivity contribution >= 4 is 11.8 Å². The summed E-state index contributed by atoms with van der Waals surface area (Å²) in [7, 11) is 0. The first-order valence-electron chi connectivity index (χ1n) is 16.5. The van der Waals surface area contributed by atoms with Gasteiger partial charge in [0.1, 0.15) is 5.44 Å². The van der Waals surface area contributed by atoms with E-state index in [0.717, 1.165) is 0 Å². The molecule has 10 atom stereocenters. The van der Waals surface area contributed by atoms with E-state index in [9.17, 15) is 0 Å². The molecular weight excluding hydrogens is 564 g/mol. The van der Waals surface area contributed by atoms with Gasteiger partial charge in [0, 0.05) is 4.90 Å². The fourth-order valence-corrected chi connectivity index (χ4v) is 7.38. The van der Waals surface area contributed by atoms with Crippen molar-refractivity contribution in [3.05, 3.63) is 102 Å². The number of thioether (sulfide) groups is 1. The minimum Gasteiger partial charge on any atom is -0.374 e. The third-order valence-corrected chi connectivity index (χ3v) is 11.5. The lowest BCUT2D eigenvalue weighted by atomic mass is 9.77. The quantitative estimate of drug-likeness (QED) is 0.226. The maximum absolute atomic E-state index is 6.46. The van der Waals surface area contributed by atoms with E-state index in [2.05, 4.69) is 115 Å². The van der Waals surface area contributed by atoms with Crippen molar-refractivity contribution in [3.63, 3.8) is 0 Å². The average Bonchev–Trinajstić information content (AvgIpc) is 3.05. The van der Waals surface area contributed by atoms with Gasteiger partial charge >= 0.3 is 0 Å². The van der Waals surface area contributed by atoms with Gasteiger partial charge in [-0.3, -0.25) is 0 Å². The first-order valence-corrected chi connectivity index (χ1v) is 17.4. The second-order valence-corrected chi connectivity index (χ2v) is 14.2. The molecule has 5 heteroatoms. The molecular formula is C39H54O4S. The lowest BCUT2D eigenvalue weighted by Crippen LogP contribution is -2.45. The Morgan fingerprint density at radius 2 is 0.932 bits per heavy atom. The first-order chi connectivity index (χ1) is 21.2. The molecule has 2 heterocycles. The van der Waals surface area contributed by atoms with E-state index >= 15 is 0 Å². The Labute approximate surface area is 271 Å². The van der Waals surface area contributed by atoms with Crippen LogP contribution in [0.3, 0.4) is 0 Å². The van der Waals surface area contributed by atoms with Crippen LogP contribution in [-0.2, 0) is 32.2 Å². The van der Waals surface area contributed by atoms with Crippen LogP contribution in [0.15, 0.2) is 95.9 Å². The Bertz CT molecular complexity index is 1190. The second-order valence-electron chi connectivity index (χ2n) is 13.0. The van der Waals surface area contributed by atoms with E-state index in [4.69, 9.17) is 18.9 Å². The summed E-state index contributed by atoms with van der Waals surface area (Å²) in [6.45, 7) is 18.7. The Balaban J connectivity index is 0.000000209. The van der Waals surface area contributed by atoms with E-state index in [1.807, 2.05) is 36.0 Å². The number of rotatable bonds is 10. The molecule has 0 spiro atoms. The molecule has 240 valence electrons. The maximum Gasteiger partial charge on any atom is 0.111 e. The second kappa shape index (κ2) is 17.5. The summed E-state index contributed by atoms with van der Waals surface area (Å²) in [5.41, 5.74) is 2.61. The van der Waals surface area contributed by atoms with Crippen molar-refractivity contribution in [3.8, 4) is 0 Å². The highest BCUT2D eigenvalue weighted by atomic mass is 32.2. The summed E-state index contributed by atoms with van der Waals surface area (Å²) in [6, 6.07) is 31.2. The molecule has 0 aliphatic carbocycles. The van der Waals surface area contributed by atoms with Gasteiger partial charge < -0.3 is 18.9 Å². The van der Waals surface area contributed by atoms with Crippen LogP contribution in [0.25, 0.3) is 0 Å². The number of benzene rings is 3. The minimum atomic E-state index is 0.149. The molecule has 2 aliphatic rings. The van der Waals surface area contributed by atoms with Gasteiger partial charge in [-0.2, -0.15) is 0 Å². The topological polar surface area (TPSA) is 36.9 Å². The van der Waals surface area contributed by atoms with Crippen molar-refractivity contribution in [1.82, 2.24) is 0 Å². The van der Waals surface area contributed by atoms with E-state index in [0.29, 0.717) is 68.0 Å². The van der Waals surface area contributed by atoms with Gasteiger partial charge in [0.25, 0.3) is 0 Å². The van der Waals surface area contributed by atoms with Crippen molar-refractivity contribution in [2.45, 2.75) is 90.3 Å². The summed E-state index contributed by atoms with van der Waals surface area (Å²) in [5, 5.41) is 0. The molecule has 4 unspecified atom stereocenters. The highest BCUT2D eigenvalue weighted by Gasteiger charge is 2.39. The molecule has 0 bridgehead atoms. The van der Waals surface area contributed by atoms with Crippen molar-refractivity contribution in [2.24, 2.45) is 35.5 Å². The summed E-state index contributed by atoms with van der Waals surface area (Å²) in [4.78, 5) is 1.27. The van der Waals surface area contributed by atoms with Crippen LogP contribution in [0.1, 0.15) is 59.6 Å². The SMILES string of the molecule is CC1[C@@H](C)[C@H](C)C(COCc2ccccc2)O[C@H]1Sc1ccccc1.CC1[C@H](C)OC(COCc2ccccc2)[C@H](C)[C@@H]1C. The van der Waals surface area contributed by atoms with Gasteiger partial charge in [-0.1, -0.05) is 132 Å². The summed E-state index contributed by atoms with van der Waals surface area (Å²) in [6.07, 6.45) is 0.706. The van der Waals surface area contributed by atoms with Crippen LogP contribution >= 0.6 is 11.8 Å². The molecule has 0 saturated carbocycles. The molecule has 3 aromatic rings. The molecule has 2 aliphatic heterocycles. The van der Waals surface area contributed by atoms with Gasteiger partial charge in [0.2, 0.25) is 0 Å². The Morgan fingerprint density at radius 3 is 1.43 bits per heavy atom. The largest absolute Gasteiger partial charge is 0.374 e. The van der Waals surface area contributed by atoms with E-state index in [1.54, 1.807) is 0 Å². The molecule has 0 aromatic heterocycles. The van der Waals surface area contributed by atoms with E-state index in [1.165, 1.54) is 16.0 Å². The zero-order chi connectivity index (χ0) is 31.5. The maximum atomic E-state index is 6.46. The molecule has 0 N–H and O–H groups in total. The minimum absolute atomic E-state index is 0.149. The van der Waals surface area contributed by atoms with Crippen LogP contribution in [0, 0.1) is 35.5 Å². The highest BCUT2D eigenvalue weighted by Crippen LogP contribution is 2.42. The molecule has 3 aromatic carbocycles.